The van der Waals surface area contributed by atoms with Gasteiger partial charge in [-0.2, -0.15) is 0 Å². The van der Waals surface area contributed by atoms with Crippen molar-refractivity contribution in [2.45, 2.75) is 69.1 Å². The summed E-state index contributed by atoms with van der Waals surface area (Å²) in [5, 5.41) is 0.327. The number of halogens is 1. The van der Waals surface area contributed by atoms with Gasteiger partial charge in [-0.1, -0.05) is 36.7 Å². The molecule has 0 amide bonds. The Morgan fingerprint density at radius 1 is 1.29 bits per heavy atom. The van der Waals surface area contributed by atoms with E-state index in [9.17, 15) is 0 Å². The summed E-state index contributed by atoms with van der Waals surface area (Å²) in [4.78, 5) is 0.678. The molecule has 0 N–H and O–H groups in total. The highest BCUT2D eigenvalue weighted by atomic mass is 79.9. The van der Waals surface area contributed by atoms with Gasteiger partial charge in [0.2, 0.25) is 0 Å². The Hall–Kier alpha value is 0.657. The van der Waals surface area contributed by atoms with E-state index in [1.165, 1.54) is 12.8 Å². The van der Waals surface area contributed by atoms with Crippen LogP contribution in [0.2, 0.25) is 18.1 Å². The second kappa shape index (κ2) is 3.60. The SMILES string of the molecule is CC1(O[Si](C)(C)C(C)(C)C)CC(Br)C1. The van der Waals surface area contributed by atoms with Gasteiger partial charge in [-0.3, -0.25) is 0 Å². The highest BCUT2D eigenvalue weighted by Gasteiger charge is 2.47. The van der Waals surface area contributed by atoms with Gasteiger partial charge in [0.1, 0.15) is 0 Å². The first-order chi connectivity index (χ1) is 6.06. The molecule has 0 aromatic rings. The molecule has 14 heavy (non-hydrogen) atoms. The summed E-state index contributed by atoms with van der Waals surface area (Å²) in [6, 6.07) is 0. The molecular formula is C11H23BrOSi. The van der Waals surface area contributed by atoms with Gasteiger partial charge >= 0.3 is 0 Å². The molecule has 0 unspecified atom stereocenters. The van der Waals surface area contributed by atoms with Crippen LogP contribution in [0.25, 0.3) is 0 Å². The standard InChI is InChI=1S/C11H23BrOSi/c1-10(2,3)14(5,6)13-11(4)7-9(12)8-11/h9H,7-8H2,1-6H3. The van der Waals surface area contributed by atoms with Gasteiger partial charge in [-0.05, 0) is 37.9 Å². The fourth-order valence-corrected chi connectivity index (χ4v) is 4.80. The molecule has 1 aliphatic carbocycles. The first kappa shape index (κ1) is 12.7. The zero-order chi connectivity index (χ0) is 11.2. The molecule has 1 aliphatic rings. The second-order valence-corrected chi connectivity index (χ2v) is 12.3. The van der Waals surface area contributed by atoms with Crippen molar-refractivity contribution in [3.05, 3.63) is 0 Å². The Bertz CT molecular complexity index is 214. The van der Waals surface area contributed by atoms with Crippen molar-refractivity contribution in [2.75, 3.05) is 0 Å². The van der Waals surface area contributed by atoms with Gasteiger partial charge in [0.25, 0.3) is 0 Å². The molecule has 0 aromatic carbocycles. The zero-order valence-corrected chi connectivity index (χ0v) is 12.9. The van der Waals surface area contributed by atoms with Gasteiger partial charge in [0, 0.05) is 4.83 Å². The predicted molar refractivity (Wildman–Crippen MR) is 68.6 cm³/mol. The normalized spacial score (nSPS) is 34.1. The van der Waals surface area contributed by atoms with E-state index in [0.717, 1.165) is 0 Å². The molecule has 1 nitrogen and oxygen atoms in total. The van der Waals surface area contributed by atoms with Crippen molar-refractivity contribution < 1.29 is 4.43 Å². The predicted octanol–water partition coefficient (Wildman–Crippen LogP) is 4.32. The van der Waals surface area contributed by atoms with E-state index in [-0.39, 0.29) is 5.60 Å². The molecule has 0 bridgehead atoms. The van der Waals surface area contributed by atoms with Crippen molar-refractivity contribution in [3.8, 4) is 0 Å². The Balaban J connectivity index is 2.60. The second-order valence-electron chi connectivity index (χ2n) is 6.32. The lowest BCUT2D eigenvalue weighted by Crippen LogP contribution is -2.54. The van der Waals surface area contributed by atoms with Crippen molar-refractivity contribution in [1.29, 1.82) is 0 Å². The van der Waals surface area contributed by atoms with E-state index in [2.05, 4.69) is 56.7 Å². The minimum atomic E-state index is -1.56. The number of hydrogen-bond acceptors (Lipinski definition) is 1. The first-order valence-electron chi connectivity index (χ1n) is 5.40. The Morgan fingerprint density at radius 3 is 2.00 bits per heavy atom. The van der Waals surface area contributed by atoms with Crippen molar-refractivity contribution in [3.63, 3.8) is 0 Å². The summed E-state index contributed by atoms with van der Waals surface area (Å²) < 4.78 is 6.40. The third-order valence-corrected chi connectivity index (χ3v) is 8.88. The van der Waals surface area contributed by atoms with E-state index in [1.54, 1.807) is 0 Å². The molecule has 0 saturated heterocycles. The van der Waals surface area contributed by atoms with Crippen LogP contribution in [0.1, 0.15) is 40.5 Å². The van der Waals surface area contributed by atoms with Crippen LogP contribution in [0.15, 0.2) is 0 Å². The van der Waals surface area contributed by atoms with Crippen LogP contribution in [-0.2, 0) is 4.43 Å². The van der Waals surface area contributed by atoms with Crippen molar-refractivity contribution in [1.82, 2.24) is 0 Å². The van der Waals surface area contributed by atoms with Gasteiger partial charge < -0.3 is 4.43 Å². The molecule has 3 heteroatoms. The molecule has 1 fully saturated rings. The zero-order valence-electron chi connectivity index (χ0n) is 10.3. The monoisotopic (exact) mass is 278 g/mol. The summed E-state index contributed by atoms with van der Waals surface area (Å²) in [7, 11) is -1.56. The maximum Gasteiger partial charge on any atom is 0.192 e. The van der Waals surface area contributed by atoms with Crippen LogP contribution in [0.4, 0.5) is 0 Å². The third-order valence-electron chi connectivity index (χ3n) is 3.61. The summed E-state index contributed by atoms with van der Waals surface area (Å²) in [5.74, 6) is 0. The molecule has 84 valence electrons. The summed E-state index contributed by atoms with van der Waals surface area (Å²) >= 11 is 3.63. The Labute approximate surface area is 97.9 Å². The lowest BCUT2D eigenvalue weighted by Gasteiger charge is -2.50. The van der Waals surface area contributed by atoms with Crippen LogP contribution < -0.4 is 0 Å². The average Bonchev–Trinajstić information content (AvgIpc) is 1.78. The van der Waals surface area contributed by atoms with Gasteiger partial charge in [0.05, 0.1) is 5.60 Å². The summed E-state index contributed by atoms with van der Waals surface area (Å²) in [6.45, 7) is 13.8. The number of hydrogen-bond donors (Lipinski definition) is 0. The highest BCUT2D eigenvalue weighted by molar-refractivity contribution is 9.09. The molecule has 0 radical (unpaired) electrons. The molecule has 0 aliphatic heterocycles. The van der Waals surface area contributed by atoms with Gasteiger partial charge in [0.15, 0.2) is 8.32 Å². The van der Waals surface area contributed by atoms with E-state index in [1.807, 2.05) is 0 Å². The van der Waals surface area contributed by atoms with Crippen molar-refractivity contribution in [2.24, 2.45) is 0 Å². The molecule has 1 saturated carbocycles. The number of alkyl halides is 1. The van der Waals surface area contributed by atoms with Crippen LogP contribution >= 0.6 is 15.9 Å². The Kier molecular flexibility index (Phi) is 3.27. The minimum absolute atomic E-state index is 0.150. The largest absolute Gasteiger partial charge is 0.412 e. The Morgan fingerprint density at radius 2 is 1.71 bits per heavy atom. The highest BCUT2D eigenvalue weighted by Crippen LogP contribution is 2.46. The van der Waals surface area contributed by atoms with Crippen LogP contribution in [-0.4, -0.2) is 18.7 Å². The fraction of sp³-hybridized carbons (Fsp3) is 1.00. The lowest BCUT2D eigenvalue weighted by atomic mass is 9.82. The molecule has 0 heterocycles. The molecule has 1 rings (SSSR count). The van der Waals surface area contributed by atoms with E-state index in [4.69, 9.17) is 4.43 Å². The van der Waals surface area contributed by atoms with E-state index in [0.29, 0.717) is 9.87 Å². The quantitative estimate of drug-likeness (QED) is 0.540. The topological polar surface area (TPSA) is 9.23 Å². The van der Waals surface area contributed by atoms with Gasteiger partial charge in [-0.15, -0.1) is 0 Å². The smallest absolute Gasteiger partial charge is 0.192 e. The molecule has 0 atom stereocenters. The lowest BCUT2D eigenvalue weighted by molar-refractivity contribution is 0.00481. The first-order valence-corrected chi connectivity index (χ1v) is 9.22. The van der Waals surface area contributed by atoms with Crippen LogP contribution in [0.3, 0.4) is 0 Å². The minimum Gasteiger partial charge on any atom is -0.412 e. The van der Waals surface area contributed by atoms with E-state index < -0.39 is 8.32 Å². The summed E-state index contributed by atoms with van der Waals surface area (Å²) in [5.41, 5.74) is 0.150. The van der Waals surface area contributed by atoms with Crippen molar-refractivity contribution >= 4 is 24.2 Å². The molecule has 0 spiro atoms. The maximum atomic E-state index is 6.40. The van der Waals surface area contributed by atoms with E-state index >= 15 is 0 Å². The number of rotatable bonds is 2. The third kappa shape index (κ3) is 2.61. The molecular weight excluding hydrogens is 256 g/mol. The maximum absolute atomic E-state index is 6.40. The fourth-order valence-electron chi connectivity index (χ4n) is 1.73. The van der Waals surface area contributed by atoms with Crippen LogP contribution in [0, 0.1) is 0 Å². The van der Waals surface area contributed by atoms with Crippen LogP contribution in [0.5, 0.6) is 0 Å². The average molecular weight is 279 g/mol. The molecule has 0 aromatic heterocycles. The van der Waals surface area contributed by atoms with Gasteiger partial charge in [-0.25, -0.2) is 0 Å². The summed E-state index contributed by atoms with van der Waals surface area (Å²) in [6.07, 6.45) is 2.33.